The van der Waals surface area contributed by atoms with E-state index in [-0.39, 0.29) is 11.7 Å². The number of benzene rings is 2. The Labute approximate surface area is 145 Å². The van der Waals surface area contributed by atoms with Crippen LogP contribution in [0.15, 0.2) is 42.5 Å². The molecule has 0 aromatic heterocycles. The van der Waals surface area contributed by atoms with Gasteiger partial charge in [-0.05, 0) is 67.8 Å². The minimum atomic E-state index is -0.586. The molecule has 3 amide bonds. The molecule has 130 valence electrons. The molecule has 1 saturated heterocycles. The number of hydrogen-bond donors (Lipinski definition) is 2. The Bertz CT molecular complexity index is 805. The number of urea groups is 1. The number of aryl methyl sites for hydroxylation is 2. The summed E-state index contributed by atoms with van der Waals surface area (Å²) in [5, 5.41) is 5.46. The number of carbonyl (C=O) groups excluding carboxylic acids is 2. The second-order valence-corrected chi connectivity index (χ2v) is 6.21. The number of rotatable bonds is 3. The molecule has 1 atom stereocenters. The summed E-state index contributed by atoms with van der Waals surface area (Å²) in [6, 6.07) is 10.4. The molecule has 2 aromatic carbocycles. The van der Waals surface area contributed by atoms with Crippen LogP contribution in [0, 0.1) is 19.7 Å². The normalized spacial score (nSPS) is 16.8. The van der Waals surface area contributed by atoms with Crippen molar-refractivity contribution < 1.29 is 14.0 Å². The fourth-order valence-electron chi connectivity index (χ4n) is 2.84. The van der Waals surface area contributed by atoms with Crippen LogP contribution in [0.5, 0.6) is 0 Å². The van der Waals surface area contributed by atoms with Crippen molar-refractivity contribution in [2.75, 3.05) is 16.8 Å². The largest absolute Gasteiger partial charge is 0.326 e. The van der Waals surface area contributed by atoms with Gasteiger partial charge < -0.3 is 15.5 Å². The van der Waals surface area contributed by atoms with Gasteiger partial charge in [0.1, 0.15) is 11.9 Å². The molecule has 0 aliphatic carbocycles. The van der Waals surface area contributed by atoms with E-state index in [2.05, 4.69) is 10.6 Å². The molecule has 2 aromatic rings. The average Bonchev–Trinajstić information content (AvgIpc) is 2.93. The lowest BCUT2D eigenvalue weighted by Crippen LogP contribution is -2.43. The second-order valence-electron chi connectivity index (χ2n) is 6.21. The summed E-state index contributed by atoms with van der Waals surface area (Å²) in [6.45, 7) is 4.46. The minimum Gasteiger partial charge on any atom is -0.326 e. The summed E-state index contributed by atoms with van der Waals surface area (Å²) in [6.07, 6.45) is 0.510. The molecule has 25 heavy (non-hydrogen) atoms. The zero-order valence-electron chi connectivity index (χ0n) is 14.2. The molecule has 0 spiro atoms. The summed E-state index contributed by atoms with van der Waals surface area (Å²) in [7, 11) is 0. The molecule has 0 saturated carbocycles. The molecular formula is C19H20FN3O2. The van der Waals surface area contributed by atoms with E-state index in [1.807, 2.05) is 32.0 Å². The summed E-state index contributed by atoms with van der Waals surface area (Å²) in [4.78, 5) is 26.2. The summed E-state index contributed by atoms with van der Waals surface area (Å²) in [5.74, 6) is -0.542. The van der Waals surface area contributed by atoms with Crippen LogP contribution in [0.3, 0.4) is 0 Å². The lowest BCUT2D eigenvalue weighted by atomic mass is 10.1. The van der Waals surface area contributed by atoms with Crippen LogP contribution in [-0.4, -0.2) is 24.5 Å². The van der Waals surface area contributed by atoms with Crippen LogP contribution in [0.1, 0.15) is 17.5 Å². The van der Waals surface area contributed by atoms with Gasteiger partial charge in [-0.3, -0.25) is 4.79 Å². The van der Waals surface area contributed by atoms with Crippen LogP contribution < -0.4 is 15.5 Å². The van der Waals surface area contributed by atoms with E-state index in [9.17, 15) is 14.0 Å². The van der Waals surface area contributed by atoms with Crippen molar-refractivity contribution in [3.8, 4) is 0 Å². The summed E-state index contributed by atoms with van der Waals surface area (Å²) in [5.41, 5.74) is 3.54. The topological polar surface area (TPSA) is 61.4 Å². The van der Waals surface area contributed by atoms with Gasteiger partial charge in [-0.1, -0.05) is 6.07 Å². The number of halogens is 1. The number of anilines is 2. The molecule has 0 unspecified atom stereocenters. The van der Waals surface area contributed by atoms with Gasteiger partial charge in [0.15, 0.2) is 0 Å². The molecule has 5 nitrogen and oxygen atoms in total. The second kappa shape index (κ2) is 6.93. The Kier molecular flexibility index (Phi) is 4.70. The maximum atomic E-state index is 13.0. The van der Waals surface area contributed by atoms with Gasteiger partial charge in [-0.15, -0.1) is 0 Å². The fourth-order valence-corrected chi connectivity index (χ4v) is 2.84. The predicted octanol–water partition coefficient (Wildman–Crippen LogP) is 3.37. The van der Waals surface area contributed by atoms with Gasteiger partial charge in [0.2, 0.25) is 5.91 Å². The Hall–Kier alpha value is -2.89. The third kappa shape index (κ3) is 3.79. The van der Waals surface area contributed by atoms with Crippen molar-refractivity contribution in [3.05, 3.63) is 59.4 Å². The Morgan fingerprint density at radius 2 is 1.84 bits per heavy atom. The number of nitrogens with zero attached hydrogens (tertiary/aromatic N) is 1. The molecule has 6 heteroatoms. The lowest BCUT2D eigenvalue weighted by molar-refractivity contribution is -0.118. The monoisotopic (exact) mass is 341 g/mol. The summed E-state index contributed by atoms with van der Waals surface area (Å²) < 4.78 is 13.0. The fraction of sp³-hybridized carbons (Fsp3) is 0.263. The first-order chi connectivity index (χ1) is 11.9. The molecule has 2 N–H and O–H groups in total. The first kappa shape index (κ1) is 17.0. The first-order valence-electron chi connectivity index (χ1n) is 8.16. The SMILES string of the molecule is Cc1ccc(NC(=O)N[C@@H]2CCN(c3ccc(F)cc3)C2=O)cc1C. The molecular weight excluding hydrogens is 321 g/mol. The van der Waals surface area contributed by atoms with Gasteiger partial charge >= 0.3 is 6.03 Å². The lowest BCUT2D eigenvalue weighted by Gasteiger charge is -2.17. The van der Waals surface area contributed by atoms with E-state index in [0.717, 1.165) is 11.1 Å². The van der Waals surface area contributed by atoms with Gasteiger partial charge in [-0.25, -0.2) is 9.18 Å². The van der Waals surface area contributed by atoms with Gasteiger partial charge in [-0.2, -0.15) is 0 Å². The molecule has 1 fully saturated rings. The molecule has 0 bridgehead atoms. The molecule has 1 aliphatic rings. The van der Waals surface area contributed by atoms with Gasteiger partial charge in [0.05, 0.1) is 0 Å². The van der Waals surface area contributed by atoms with E-state index >= 15 is 0 Å². The Morgan fingerprint density at radius 1 is 1.12 bits per heavy atom. The summed E-state index contributed by atoms with van der Waals surface area (Å²) >= 11 is 0. The zero-order valence-corrected chi connectivity index (χ0v) is 14.2. The van der Waals surface area contributed by atoms with E-state index < -0.39 is 12.1 Å². The highest BCUT2D eigenvalue weighted by molar-refractivity contribution is 6.02. The molecule has 1 aliphatic heterocycles. The minimum absolute atomic E-state index is 0.193. The average molecular weight is 341 g/mol. The van der Waals surface area contributed by atoms with Crippen LogP contribution in [0.2, 0.25) is 0 Å². The maximum Gasteiger partial charge on any atom is 0.319 e. The van der Waals surface area contributed by atoms with Crippen molar-refractivity contribution >= 4 is 23.3 Å². The number of amides is 3. The van der Waals surface area contributed by atoms with Crippen LogP contribution >= 0.6 is 0 Å². The van der Waals surface area contributed by atoms with Crippen LogP contribution in [0.25, 0.3) is 0 Å². The number of nitrogens with one attached hydrogen (secondary N) is 2. The van der Waals surface area contributed by atoms with E-state index in [4.69, 9.17) is 0 Å². The third-order valence-corrected chi connectivity index (χ3v) is 4.41. The van der Waals surface area contributed by atoms with E-state index in [0.29, 0.717) is 24.3 Å². The van der Waals surface area contributed by atoms with Crippen LogP contribution in [0.4, 0.5) is 20.6 Å². The van der Waals surface area contributed by atoms with Crippen molar-refractivity contribution in [2.45, 2.75) is 26.3 Å². The Morgan fingerprint density at radius 3 is 2.52 bits per heavy atom. The van der Waals surface area contributed by atoms with E-state index in [1.165, 1.54) is 12.1 Å². The highest BCUT2D eigenvalue weighted by Gasteiger charge is 2.33. The smallest absolute Gasteiger partial charge is 0.319 e. The van der Waals surface area contributed by atoms with Gasteiger partial charge in [0, 0.05) is 17.9 Å². The Balaban J connectivity index is 1.61. The third-order valence-electron chi connectivity index (χ3n) is 4.41. The van der Waals surface area contributed by atoms with E-state index in [1.54, 1.807) is 17.0 Å². The van der Waals surface area contributed by atoms with Crippen molar-refractivity contribution in [2.24, 2.45) is 0 Å². The maximum absolute atomic E-state index is 13.0. The highest BCUT2D eigenvalue weighted by atomic mass is 19.1. The quantitative estimate of drug-likeness (QED) is 0.899. The van der Waals surface area contributed by atoms with Crippen molar-refractivity contribution in [3.63, 3.8) is 0 Å². The van der Waals surface area contributed by atoms with Crippen molar-refractivity contribution in [1.82, 2.24) is 5.32 Å². The zero-order chi connectivity index (χ0) is 18.0. The molecule has 3 rings (SSSR count). The van der Waals surface area contributed by atoms with Crippen LogP contribution in [-0.2, 0) is 4.79 Å². The number of carbonyl (C=O) groups is 2. The van der Waals surface area contributed by atoms with Crippen molar-refractivity contribution in [1.29, 1.82) is 0 Å². The number of hydrogen-bond acceptors (Lipinski definition) is 2. The first-order valence-corrected chi connectivity index (χ1v) is 8.16. The molecule has 1 heterocycles. The highest BCUT2D eigenvalue weighted by Crippen LogP contribution is 2.22. The standard InChI is InChI=1S/C19H20FN3O2/c1-12-3-6-15(11-13(12)2)21-19(25)22-17-9-10-23(18(17)24)16-7-4-14(20)5-8-16/h3-8,11,17H,9-10H2,1-2H3,(H2,21,22,25)/t17-/m1/s1. The molecule has 0 radical (unpaired) electrons. The van der Waals surface area contributed by atoms with Gasteiger partial charge in [0.25, 0.3) is 0 Å². The predicted molar refractivity (Wildman–Crippen MR) is 95.2 cm³/mol.